The lowest BCUT2D eigenvalue weighted by Gasteiger charge is -2.25. The molecule has 0 saturated heterocycles. The van der Waals surface area contributed by atoms with Crippen molar-refractivity contribution in [3.63, 3.8) is 0 Å². The molecule has 44 heavy (non-hydrogen) atoms. The van der Waals surface area contributed by atoms with E-state index in [1.54, 1.807) is 43.8 Å². The fourth-order valence-corrected chi connectivity index (χ4v) is 5.54. The Morgan fingerprint density at radius 2 is 1.70 bits per heavy atom. The highest BCUT2D eigenvalue weighted by atomic mass is 16.6. The molecule has 3 aromatic carbocycles. The summed E-state index contributed by atoms with van der Waals surface area (Å²) in [6.07, 6.45) is 4.52. The maximum Gasteiger partial charge on any atom is 0.407 e. The van der Waals surface area contributed by atoms with Crippen LogP contribution in [-0.4, -0.2) is 44.7 Å². The van der Waals surface area contributed by atoms with Crippen LogP contribution < -0.4 is 5.32 Å². The van der Waals surface area contributed by atoms with Crippen LogP contribution in [0, 0.1) is 11.3 Å². The fraction of sp³-hybridized carbons (Fsp3) is 0.229. The Labute approximate surface area is 255 Å². The normalized spacial score (nSPS) is 13.0. The zero-order valence-electron chi connectivity index (χ0n) is 24.7. The lowest BCUT2D eigenvalue weighted by molar-refractivity contribution is -0.157. The van der Waals surface area contributed by atoms with Crippen molar-refractivity contribution in [3.05, 3.63) is 114 Å². The van der Waals surface area contributed by atoms with E-state index in [-0.39, 0.29) is 18.9 Å². The third-order valence-electron chi connectivity index (χ3n) is 7.45. The van der Waals surface area contributed by atoms with E-state index in [0.29, 0.717) is 17.0 Å². The number of carbonyl (C=O) groups is 2. The predicted octanol–water partition coefficient (Wildman–Crippen LogP) is 6.06. The van der Waals surface area contributed by atoms with Gasteiger partial charge in [0.05, 0.1) is 11.9 Å². The molecule has 0 unspecified atom stereocenters. The molecule has 0 saturated carbocycles. The first kappa shape index (κ1) is 28.6. The molecule has 9 heteroatoms. The number of ether oxygens (including phenoxy) is 2. The molecule has 220 valence electrons. The van der Waals surface area contributed by atoms with Crippen molar-refractivity contribution < 1.29 is 19.1 Å². The number of benzene rings is 3. The van der Waals surface area contributed by atoms with Crippen LogP contribution >= 0.6 is 0 Å². The number of amides is 1. The van der Waals surface area contributed by atoms with Gasteiger partial charge in [-0.15, -0.1) is 0 Å². The number of alkyl carbamates (subject to hydrolysis) is 1. The van der Waals surface area contributed by atoms with Gasteiger partial charge in [-0.2, -0.15) is 5.26 Å². The zero-order chi connectivity index (χ0) is 30.8. The quantitative estimate of drug-likeness (QED) is 0.231. The van der Waals surface area contributed by atoms with Gasteiger partial charge in [0.25, 0.3) is 0 Å². The number of rotatable bonds is 7. The third kappa shape index (κ3) is 6.01. The molecule has 0 fully saturated rings. The number of carbonyl (C=O) groups excluding carboxylic acids is 2. The van der Waals surface area contributed by atoms with E-state index in [9.17, 15) is 9.59 Å². The van der Waals surface area contributed by atoms with E-state index in [1.807, 2.05) is 54.6 Å². The first-order valence-electron chi connectivity index (χ1n) is 14.4. The smallest absolute Gasteiger partial charge is 0.407 e. The van der Waals surface area contributed by atoms with Gasteiger partial charge in [-0.3, -0.25) is 4.98 Å². The third-order valence-corrected chi connectivity index (χ3v) is 7.45. The molecule has 1 N–H and O–H groups in total. The minimum Gasteiger partial charge on any atom is -0.458 e. The molecule has 0 spiro atoms. The number of esters is 1. The Morgan fingerprint density at radius 1 is 1.00 bits per heavy atom. The molecule has 1 aliphatic rings. The van der Waals surface area contributed by atoms with Gasteiger partial charge in [0.1, 0.15) is 24.3 Å². The molecule has 1 atom stereocenters. The van der Waals surface area contributed by atoms with Crippen molar-refractivity contribution in [2.75, 3.05) is 6.61 Å². The number of fused-ring (bicyclic) bond motifs is 4. The molecule has 1 amide bonds. The molecular formula is C35H31N5O4. The highest BCUT2D eigenvalue weighted by Gasteiger charge is 2.31. The summed E-state index contributed by atoms with van der Waals surface area (Å²) in [5.74, 6) is -0.659. The topological polar surface area (TPSA) is 119 Å². The number of imidazole rings is 1. The van der Waals surface area contributed by atoms with Crippen LogP contribution in [-0.2, 0) is 20.7 Å². The van der Waals surface area contributed by atoms with Gasteiger partial charge in [-0.1, -0.05) is 66.7 Å². The van der Waals surface area contributed by atoms with Crippen molar-refractivity contribution >= 4 is 17.7 Å². The summed E-state index contributed by atoms with van der Waals surface area (Å²) in [6, 6.07) is 24.8. The Morgan fingerprint density at radius 3 is 2.39 bits per heavy atom. The number of hydrogen-bond donors (Lipinski definition) is 1. The second-order valence-electron chi connectivity index (χ2n) is 11.7. The monoisotopic (exact) mass is 585 g/mol. The molecule has 5 aromatic rings. The zero-order valence-corrected chi connectivity index (χ0v) is 24.7. The van der Waals surface area contributed by atoms with Gasteiger partial charge in [-0.25, -0.2) is 14.6 Å². The molecule has 1 aliphatic carbocycles. The van der Waals surface area contributed by atoms with E-state index in [2.05, 4.69) is 39.6 Å². The highest BCUT2D eigenvalue weighted by molar-refractivity contribution is 5.82. The van der Waals surface area contributed by atoms with Crippen molar-refractivity contribution in [2.24, 2.45) is 0 Å². The number of hydrogen-bond acceptors (Lipinski definition) is 7. The minimum absolute atomic E-state index is 0.102. The van der Waals surface area contributed by atoms with Crippen LogP contribution in [0.1, 0.15) is 49.1 Å². The van der Waals surface area contributed by atoms with Crippen LogP contribution in [0.2, 0.25) is 0 Å². The first-order chi connectivity index (χ1) is 21.2. The van der Waals surface area contributed by atoms with Crippen molar-refractivity contribution in [1.82, 2.24) is 19.7 Å². The summed E-state index contributed by atoms with van der Waals surface area (Å²) in [6.45, 7) is 5.48. The van der Waals surface area contributed by atoms with E-state index >= 15 is 0 Å². The molecular weight excluding hydrogens is 554 g/mol. The average molecular weight is 586 g/mol. The summed E-state index contributed by atoms with van der Waals surface area (Å²) >= 11 is 0. The number of nitriles is 1. The molecule has 6 rings (SSSR count). The lowest BCUT2D eigenvalue weighted by Crippen LogP contribution is -2.46. The van der Waals surface area contributed by atoms with Gasteiger partial charge in [0.15, 0.2) is 11.3 Å². The Kier molecular flexibility index (Phi) is 7.58. The largest absolute Gasteiger partial charge is 0.458 e. The minimum atomic E-state index is -0.984. The Bertz CT molecular complexity index is 1870. The predicted molar refractivity (Wildman–Crippen MR) is 165 cm³/mol. The molecule has 0 radical (unpaired) electrons. The van der Waals surface area contributed by atoms with Gasteiger partial charge >= 0.3 is 12.1 Å². The van der Waals surface area contributed by atoms with E-state index < -0.39 is 23.7 Å². The van der Waals surface area contributed by atoms with E-state index in [4.69, 9.17) is 14.7 Å². The van der Waals surface area contributed by atoms with Crippen LogP contribution in [0.3, 0.4) is 0 Å². The molecule has 0 bridgehead atoms. The van der Waals surface area contributed by atoms with Crippen molar-refractivity contribution in [2.45, 2.75) is 44.8 Å². The first-order valence-corrected chi connectivity index (χ1v) is 14.4. The standard InChI is InChI=1S/C35H31N5O4/c1-35(2,3)44-33(41)30(16-22-9-8-10-23(15-22)31-20-40-19-24(17-36)38-32(40)18-37-31)39-34(42)43-21-29-27-13-6-4-11-25(27)26-12-5-7-14-28(26)29/h4-15,18-20,29-30H,16,21H2,1-3H3,(H,39,42)/t30-/m0/s1. The molecule has 0 aliphatic heterocycles. The lowest BCUT2D eigenvalue weighted by atomic mass is 9.98. The van der Waals surface area contributed by atoms with Crippen LogP contribution in [0.5, 0.6) is 0 Å². The number of aromatic nitrogens is 3. The van der Waals surface area contributed by atoms with Gasteiger partial charge in [-0.05, 0) is 54.7 Å². The Balaban J connectivity index is 1.19. The highest BCUT2D eigenvalue weighted by Crippen LogP contribution is 2.44. The summed E-state index contributed by atoms with van der Waals surface area (Å²) in [7, 11) is 0. The molecule has 2 heterocycles. The molecule has 9 nitrogen and oxygen atoms in total. The average Bonchev–Trinajstić information content (AvgIpc) is 3.57. The maximum atomic E-state index is 13.3. The van der Waals surface area contributed by atoms with Gasteiger partial charge in [0, 0.05) is 30.3 Å². The maximum absolute atomic E-state index is 13.3. The SMILES string of the molecule is CC(C)(C)OC(=O)[C@H](Cc1cccc(-c2cn3cc(C#N)nc3cn2)c1)NC(=O)OCC1c2ccccc2-c2ccccc21. The number of nitrogens with one attached hydrogen (secondary N) is 1. The summed E-state index contributed by atoms with van der Waals surface area (Å²) < 4.78 is 13.1. The summed E-state index contributed by atoms with van der Waals surface area (Å²) in [5, 5.41) is 11.9. The second-order valence-corrected chi connectivity index (χ2v) is 11.7. The summed E-state index contributed by atoms with van der Waals surface area (Å²) in [5.41, 5.74) is 6.87. The molecule has 2 aromatic heterocycles. The second kappa shape index (κ2) is 11.7. The fourth-order valence-electron chi connectivity index (χ4n) is 5.54. The van der Waals surface area contributed by atoms with E-state index in [1.165, 1.54) is 0 Å². The van der Waals surface area contributed by atoms with Crippen LogP contribution in [0.4, 0.5) is 4.79 Å². The Hall–Kier alpha value is -5.49. The number of nitrogens with zero attached hydrogens (tertiary/aromatic N) is 4. The summed E-state index contributed by atoms with van der Waals surface area (Å²) in [4.78, 5) is 35.1. The van der Waals surface area contributed by atoms with Crippen LogP contribution in [0.15, 0.2) is 91.4 Å². The van der Waals surface area contributed by atoms with Gasteiger partial charge < -0.3 is 19.2 Å². The van der Waals surface area contributed by atoms with Gasteiger partial charge in [0.2, 0.25) is 0 Å². The van der Waals surface area contributed by atoms with E-state index in [0.717, 1.165) is 33.4 Å². The van der Waals surface area contributed by atoms with Crippen LogP contribution in [0.25, 0.3) is 28.0 Å². The van der Waals surface area contributed by atoms with Crippen molar-refractivity contribution in [1.29, 1.82) is 5.26 Å². The van der Waals surface area contributed by atoms with Crippen molar-refractivity contribution in [3.8, 4) is 28.5 Å².